The molecule has 2 aliphatic rings. The minimum atomic E-state index is -0.687. The van der Waals surface area contributed by atoms with E-state index in [0.29, 0.717) is 24.5 Å². The first kappa shape index (κ1) is 22.7. The molecule has 4 N–H and O–H groups in total. The van der Waals surface area contributed by atoms with Gasteiger partial charge in [0.25, 0.3) is 11.8 Å². The molecule has 0 unspecified atom stereocenters. The molecule has 0 saturated carbocycles. The first-order valence-corrected chi connectivity index (χ1v) is 12.0. The van der Waals surface area contributed by atoms with Crippen LogP contribution < -0.4 is 21.3 Å². The van der Waals surface area contributed by atoms with Crippen molar-refractivity contribution in [2.75, 3.05) is 23.3 Å². The van der Waals surface area contributed by atoms with E-state index in [9.17, 15) is 14.4 Å². The Morgan fingerprint density at radius 1 is 1.26 bits per heavy atom. The molecule has 3 aromatic rings. The third-order valence-electron chi connectivity index (χ3n) is 6.00. The lowest BCUT2D eigenvalue weighted by Crippen LogP contribution is -2.52. The van der Waals surface area contributed by atoms with Gasteiger partial charge in [-0.1, -0.05) is 18.2 Å². The Balaban J connectivity index is 1.29. The average Bonchev–Trinajstić information content (AvgIpc) is 3.41. The Morgan fingerprint density at radius 2 is 2.09 bits per heavy atom. The number of amides is 4. The fourth-order valence-electron chi connectivity index (χ4n) is 4.31. The molecule has 1 atom stereocenters. The molecule has 0 aliphatic carbocycles. The number of imide groups is 1. The number of hydrogen-bond donors (Lipinski definition) is 3. The van der Waals surface area contributed by atoms with E-state index in [1.165, 1.54) is 22.6 Å². The summed E-state index contributed by atoms with van der Waals surface area (Å²) >= 11 is 1.25. The molecule has 0 radical (unpaired) electrons. The van der Waals surface area contributed by atoms with Gasteiger partial charge in [0.1, 0.15) is 10.8 Å². The van der Waals surface area contributed by atoms with Crippen LogP contribution in [0.15, 0.2) is 36.5 Å². The van der Waals surface area contributed by atoms with Crippen molar-refractivity contribution in [3.05, 3.63) is 59.0 Å². The average molecular weight is 493 g/mol. The lowest BCUT2D eigenvalue weighted by molar-refractivity contribution is 0.0817. The Kier molecular flexibility index (Phi) is 6.03. The van der Waals surface area contributed by atoms with Crippen LogP contribution in [-0.4, -0.2) is 56.2 Å². The van der Waals surface area contributed by atoms with Crippen molar-refractivity contribution in [2.45, 2.75) is 32.4 Å². The molecule has 0 spiro atoms. The zero-order valence-corrected chi connectivity index (χ0v) is 19.8. The van der Waals surface area contributed by atoms with E-state index in [1.54, 1.807) is 12.1 Å². The van der Waals surface area contributed by atoms with Crippen LogP contribution in [0.5, 0.6) is 0 Å². The molecular weight excluding hydrogens is 468 g/mol. The van der Waals surface area contributed by atoms with E-state index in [4.69, 9.17) is 5.73 Å². The molecule has 2 aromatic heterocycles. The summed E-state index contributed by atoms with van der Waals surface area (Å²) in [7, 11) is 0. The van der Waals surface area contributed by atoms with Crippen LogP contribution in [0.1, 0.15) is 44.9 Å². The van der Waals surface area contributed by atoms with Gasteiger partial charge in [0.05, 0.1) is 18.4 Å². The number of nitrogens with one attached hydrogen (secondary N) is 2. The number of rotatable bonds is 5. The predicted molar refractivity (Wildman–Crippen MR) is 131 cm³/mol. The highest BCUT2D eigenvalue weighted by atomic mass is 32.1. The van der Waals surface area contributed by atoms with E-state index in [2.05, 4.69) is 25.0 Å². The number of benzene rings is 1. The smallest absolute Gasteiger partial charge is 0.324 e. The summed E-state index contributed by atoms with van der Waals surface area (Å²) in [4.78, 5) is 49.5. The van der Waals surface area contributed by atoms with E-state index < -0.39 is 11.9 Å². The number of urea groups is 1. The molecule has 1 aromatic carbocycles. The Bertz CT molecular complexity index is 1310. The number of carbonyl (C=O) groups excluding carboxylic acids is 3. The molecule has 0 bridgehead atoms. The normalized spacial score (nSPS) is 17.3. The first-order chi connectivity index (χ1) is 16.9. The monoisotopic (exact) mass is 492 g/mol. The number of nitrogens with two attached hydrogens (primary N) is 1. The van der Waals surface area contributed by atoms with Gasteiger partial charge in [-0.2, -0.15) is 4.37 Å². The maximum Gasteiger partial charge on any atom is 0.324 e. The van der Waals surface area contributed by atoms with Gasteiger partial charge in [-0.3, -0.25) is 14.5 Å². The van der Waals surface area contributed by atoms with Crippen LogP contribution in [0, 0.1) is 6.92 Å². The van der Waals surface area contributed by atoms with Gasteiger partial charge >= 0.3 is 6.03 Å². The highest BCUT2D eigenvalue weighted by molar-refractivity contribution is 7.10. The fourth-order valence-corrected chi connectivity index (χ4v) is 4.97. The van der Waals surface area contributed by atoms with Crippen LogP contribution >= 0.6 is 11.5 Å². The van der Waals surface area contributed by atoms with Gasteiger partial charge < -0.3 is 21.3 Å². The second kappa shape index (κ2) is 9.29. The molecule has 11 nitrogen and oxygen atoms in total. The number of hydrogen-bond acceptors (Lipinski definition) is 9. The number of aryl methyl sites for hydroxylation is 1. The number of piperidine rings is 1. The summed E-state index contributed by atoms with van der Waals surface area (Å²) in [6.45, 7) is 3.34. The fraction of sp³-hybridized carbons (Fsp3) is 0.304. The third-order valence-corrected chi connectivity index (χ3v) is 6.80. The molecule has 5 rings (SSSR count). The molecular formula is C23H24N8O3S. The molecule has 12 heteroatoms. The summed E-state index contributed by atoms with van der Waals surface area (Å²) in [5.74, 6) is -0.159. The second-order valence-corrected chi connectivity index (χ2v) is 9.34. The molecule has 1 fully saturated rings. The molecule has 1 saturated heterocycles. The summed E-state index contributed by atoms with van der Waals surface area (Å²) in [6.07, 6.45) is 3.10. The van der Waals surface area contributed by atoms with E-state index in [-0.39, 0.29) is 30.0 Å². The molecule has 180 valence electrons. The van der Waals surface area contributed by atoms with Crippen molar-refractivity contribution < 1.29 is 14.4 Å². The van der Waals surface area contributed by atoms with Crippen LogP contribution in [0.4, 0.5) is 21.4 Å². The van der Waals surface area contributed by atoms with Gasteiger partial charge in [-0.15, -0.1) is 0 Å². The maximum absolute atomic E-state index is 12.9. The van der Waals surface area contributed by atoms with E-state index in [0.717, 1.165) is 29.1 Å². The molecule has 4 heterocycles. The van der Waals surface area contributed by atoms with Crippen LogP contribution in [-0.2, 0) is 6.54 Å². The summed E-state index contributed by atoms with van der Waals surface area (Å²) < 4.78 is 4.22. The van der Waals surface area contributed by atoms with Crippen molar-refractivity contribution in [1.29, 1.82) is 0 Å². The Labute approximate surface area is 205 Å². The number of carbonyl (C=O) groups is 3. The van der Waals surface area contributed by atoms with Crippen molar-refractivity contribution in [3.63, 3.8) is 0 Å². The first-order valence-electron chi connectivity index (χ1n) is 11.2. The lowest BCUT2D eigenvalue weighted by atomic mass is 10.1. The number of primary amides is 1. The number of fused-ring (bicyclic) bond motifs is 1. The largest absolute Gasteiger partial charge is 0.364 e. The zero-order chi connectivity index (χ0) is 24.5. The second-order valence-electron chi connectivity index (χ2n) is 8.53. The summed E-state index contributed by atoms with van der Waals surface area (Å²) in [6, 6.07) is 8.50. The Morgan fingerprint density at radius 3 is 2.83 bits per heavy atom. The van der Waals surface area contributed by atoms with Crippen molar-refractivity contribution in [2.24, 2.45) is 5.73 Å². The van der Waals surface area contributed by atoms with Gasteiger partial charge in [0, 0.05) is 24.7 Å². The van der Waals surface area contributed by atoms with Gasteiger partial charge in [-0.05, 0) is 49.0 Å². The van der Waals surface area contributed by atoms with E-state index >= 15 is 0 Å². The van der Waals surface area contributed by atoms with Gasteiger partial charge in [-0.25, -0.2) is 14.8 Å². The SMILES string of the molecule is Cc1cc(Nc2nc(N3CCC[C@@H](NC(=O)N4Cc5ccccc5C4=O)C3)cnc2C(N)=O)sn1. The van der Waals surface area contributed by atoms with Crippen LogP contribution in [0.25, 0.3) is 0 Å². The van der Waals surface area contributed by atoms with Crippen LogP contribution in [0.2, 0.25) is 0 Å². The molecule has 4 amide bonds. The van der Waals surface area contributed by atoms with E-state index in [1.807, 2.05) is 30.0 Å². The third kappa shape index (κ3) is 4.64. The minimum Gasteiger partial charge on any atom is -0.364 e. The highest BCUT2D eigenvalue weighted by Crippen LogP contribution is 2.26. The highest BCUT2D eigenvalue weighted by Gasteiger charge is 2.33. The molecule has 2 aliphatic heterocycles. The maximum atomic E-state index is 12.9. The minimum absolute atomic E-state index is 0.0359. The predicted octanol–water partition coefficient (Wildman–Crippen LogP) is 2.42. The lowest BCUT2D eigenvalue weighted by Gasteiger charge is -2.34. The number of aromatic nitrogens is 3. The van der Waals surface area contributed by atoms with Gasteiger partial charge in [0.15, 0.2) is 11.5 Å². The molecule has 35 heavy (non-hydrogen) atoms. The Hall–Kier alpha value is -4.06. The van der Waals surface area contributed by atoms with Crippen molar-refractivity contribution in [3.8, 4) is 0 Å². The van der Waals surface area contributed by atoms with Gasteiger partial charge in [0.2, 0.25) is 0 Å². The summed E-state index contributed by atoms with van der Waals surface area (Å²) in [5, 5.41) is 6.80. The van der Waals surface area contributed by atoms with Crippen molar-refractivity contribution in [1.82, 2.24) is 24.6 Å². The standard InChI is InChI=1S/C23H24N8O3S/c1-13-9-18(35-29-13)28-21-19(20(24)32)25-10-17(27-21)30-8-4-6-15(12-30)26-23(34)31-11-14-5-2-3-7-16(14)22(31)33/h2-3,5,7,9-10,15H,4,6,8,11-12H2,1H3,(H2,24,32)(H,26,34)(H,27,28)/t15-/m1/s1. The topological polar surface area (TPSA) is 146 Å². The number of nitrogens with zero attached hydrogens (tertiary/aromatic N) is 5. The number of anilines is 3. The summed E-state index contributed by atoms with van der Waals surface area (Å²) in [5.41, 5.74) is 7.78. The van der Waals surface area contributed by atoms with Crippen molar-refractivity contribution >= 4 is 46.0 Å². The van der Waals surface area contributed by atoms with Crippen LogP contribution in [0.3, 0.4) is 0 Å². The quantitative estimate of drug-likeness (QED) is 0.492. The zero-order valence-electron chi connectivity index (χ0n) is 19.0.